The van der Waals surface area contributed by atoms with Crippen molar-refractivity contribution in [1.29, 1.82) is 0 Å². The number of allylic oxidation sites excluding steroid dienone is 1. The second kappa shape index (κ2) is 9.17. The van der Waals surface area contributed by atoms with E-state index >= 15 is 0 Å². The van der Waals surface area contributed by atoms with Gasteiger partial charge in [-0.15, -0.1) is 0 Å². The number of hydrogen-bond donors (Lipinski definition) is 2. The molecule has 3 fully saturated rings. The summed E-state index contributed by atoms with van der Waals surface area (Å²) in [5.74, 6) is -1.85. The van der Waals surface area contributed by atoms with Crippen LogP contribution in [0, 0.1) is 45.3 Å². The van der Waals surface area contributed by atoms with E-state index in [9.17, 15) is 19.8 Å². The summed E-state index contributed by atoms with van der Waals surface area (Å²) >= 11 is 0. The molecular weight excluding hydrogens is 492 g/mol. The Kier molecular flexibility index (Phi) is 6.79. The summed E-state index contributed by atoms with van der Waals surface area (Å²) in [4.78, 5) is 26.7. The van der Waals surface area contributed by atoms with Crippen LogP contribution in [0.3, 0.4) is 0 Å². The second-order valence-electron chi connectivity index (χ2n) is 15.0. The van der Waals surface area contributed by atoms with Gasteiger partial charge in [-0.2, -0.15) is 0 Å². The fourth-order valence-electron chi connectivity index (χ4n) is 10.3. The predicted molar refractivity (Wildman–Crippen MR) is 149 cm³/mol. The molecule has 6 heteroatoms. The van der Waals surface area contributed by atoms with Crippen LogP contribution in [0.1, 0.15) is 107 Å². The lowest BCUT2D eigenvalue weighted by Crippen LogP contribution is -2.65. The van der Waals surface area contributed by atoms with Crippen molar-refractivity contribution in [2.45, 2.75) is 125 Å². The molecule has 5 aliphatic rings. The Balaban J connectivity index is 1.61. The largest absolute Gasteiger partial charge is 0.461 e. The summed E-state index contributed by atoms with van der Waals surface area (Å²) < 4.78 is 11.8. The van der Waals surface area contributed by atoms with Crippen molar-refractivity contribution < 1.29 is 29.3 Å². The van der Waals surface area contributed by atoms with Gasteiger partial charge in [0.1, 0.15) is 6.10 Å². The molecule has 39 heavy (non-hydrogen) atoms. The van der Waals surface area contributed by atoms with E-state index in [-0.39, 0.29) is 29.1 Å². The highest BCUT2D eigenvalue weighted by molar-refractivity contribution is 5.96. The van der Waals surface area contributed by atoms with Crippen molar-refractivity contribution in [3.63, 3.8) is 0 Å². The van der Waals surface area contributed by atoms with Gasteiger partial charge in [-0.05, 0) is 72.0 Å². The molecule has 10 atom stereocenters. The minimum Gasteiger partial charge on any atom is -0.461 e. The van der Waals surface area contributed by atoms with Gasteiger partial charge in [0.25, 0.3) is 0 Å². The third-order valence-corrected chi connectivity index (χ3v) is 12.6. The molecule has 0 aromatic carbocycles. The van der Waals surface area contributed by atoms with Crippen molar-refractivity contribution in [2.75, 3.05) is 0 Å². The molecule has 1 heterocycles. The average molecular weight is 543 g/mol. The van der Waals surface area contributed by atoms with E-state index in [4.69, 9.17) is 9.47 Å². The van der Waals surface area contributed by atoms with Crippen LogP contribution in [0.5, 0.6) is 0 Å². The van der Waals surface area contributed by atoms with E-state index in [1.54, 1.807) is 0 Å². The maximum Gasteiger partial charge on any atom is 0.338 e. The van der Waals surface area contributed by atoms with Gasteiger partial charge in [-0.1, -0.05) is 73.5 Å². The van der Waals surface area contributed by atoms with Crippen LogP contribution in [-0.4, -0.2) is 40.1 Å². The molecule has 4 unspecified atom stereocenters. The number of hydrogen-bond acceptors (Lipinski definition) is 6. The number of aliphatic hydroxyl groups excluding tert-OH is 1. The molecule has 5 rings (SSSR count). The number of ether oxygens (including phenoxy) is 2. The third kappa shape index (κ3) is 4.01. The summed E-state index contributed by atoms with van der Waals surface area (Å²) in [6, 6.07) is 0. The highest BCUT2D eigenvalue weighted by atomic mass is 16.7. The minimum atomic E-state index is -1.70. The summed E-state index contributed by atoms with van der Waals surface area (Å²) in [7, 11) is 0. The van der Waals surface area contributed by atoms with E-state index in [1.807, 2.05) is 26.8 Å². The molecular formula is C33H50O6. The van der Waals surface area contributed by atoms with Crippen molar-refractivity contribution in [2.24, 2.45) is 45.3 Å². The number of rotatable bonds is 5. The summed E-state index contributed by atoms with van der Waals surface area (Å²) in [5.41, 5.74) is 0.398. The lowest BCUT2D eigenvalue weighted by atomic mass is 9.35. The van der Waals surface area contributed by atoms with Gasteiger partial charge in [0.05, 0.1) is 18.1 Å². The third-order valence-electron chi connectivity index (χ3n) is 12.6. The van der Waals surface area contributed by atoms with Gasteiger partial charge in [-0.3, -0.25) is 4.79 Å². The molecule has 0 aromatic heterocycles. The summed E-state index contributed by atoms with van der Waals surface area (Å²) in [5, 5.41) is 21.5. The van der Waals surface area contributed by atoms with Gasteiger partial charge >= 0.3 is 11.9 Å². The first kappa shape index (κ1) is 28.9. The molecule has 0 spiro atoms. The fourth-order valence-corrected chi connectivity index (χ4v) is 10.3. The zero-order chi connectivity index (χ0) is 28.8. The smallest absolute Gasteiger partial charge is 0.338 e. The van der Waals surface area contributed by atoms with Gasteiger partial charge in [0.2, 0.25) is 5.79 Å². The van der Waals surface area contributed by atoms with Crippen LogP contribution < -0.4 is 0 Å². The van der Waals surface area contributed by atoms with Crippen LogP contribution in [0.2, 0.25) is 0 Å². The molecule has 6 nitrogen and oxygen atoms in total. The molecule has 2 N–H and O–H groups in total. The maximum absolute atomic E-state index is 13.4. The first-order valence-electron chi connectivity index (χ1n) is 15.3. The Morgan fingerprint density at radius 1 is 1.10 bits per heavy atom. The molecule has 0 saturated heterocycles. The Bertz CT molecular complexity index is 1100. The molecule has 0 amide bonds. The standard InChI is InChI=1S/C33H50O6/c1-9-29(4)14-10-15-30(5)22(29)13-16-31(6)23-12-11-20-27(28(36)39-33(20,8)37)32(23,7)25(18-24(30)31)38-26(35)17-21(34)19(2)3/h11-12,19,21-25,34,37H,9-10,13-18H2,1-8H3/t21?,22?,23?,24?,25-,29+,30+,31+,32-,33+/m1/s1. The van der Waals surface area contributed by atoms with Crippen LogP contribution >= 0.6 is 0 Å². The molecule has 3 saturated carbocycles. The highest BCUT2D eigenvalue weighted by Crippen LogP contribution is 2.73. The van der Waals surface area contributed by atoms with E-state index in [0.717, 1.165) is 19.3 Å². The van der Waals surface area contributed by atoms with E-state index in [0.29, 0.717) is 34.8 Å². The fraction of sp³-hybridized carbons (Fsp3) is 0.818. The van der Waals surface area contributed by atoms with E-state index < -0.39 is 35.3 Å². The lowest BCUT2D eigenvalue weighted by molar-refractivity contribution is -0.218. The Morgan fingerprint density at radius 2 is 1.79 bits per heavy atom. The monoisotopic (exact) mass is 542 g/mol. The zero-order valence-electron chi connectivity index (χ0n) is 25.3. The van der Waals surface area contributed by atoms with Crippen molar-refractivity contribution in [3.05, 3.63) is 23.3 Å². The lowest BCUT2D eigenvalue weighted by Gasteiger charge is -2.69. The highest BCUT2D eigenvalue weighted by Gasteiger charge is 2.70. The molecule has 0 aromatic rings. The van der Waals surface area contributed by atoms with Crippen molar-refractivity contribution >= 4 is 11.9 Å². The van der Waals surface area contributed by atoms with Crippen LogP contribution in [0.4, 0.5) is 0 Å². The number of carbonyl (C=O) groups is 2. The van der Waals surface area contributed by atoms with Crippen molar-refractivity contribution in [1.82, 2.24) is 0 Å². The Hall–Kier alpha value is -1.66. The quantitative estimate of drug-likeness (QED) is 0.408. The zero-order valence-corrected chi connectivity index (χ0v) is 25.3. The van der Waals surface area contributed by atoms with Gasteiger partial charge in [-0.25, -0.2) is 4.79 Å². The minimum absolute atomic E-state index is 0.0515. The molecule has 218 valence electrons. The van der Waals surface area contributed by atoms with Crippen molar-refractivity contribution in [3.8, 4) is 0 Å². The Morgan fingerprint density at radius 3 is 2.44 bits per heavy atom. The SMILES string of the molecule is CC[C@@]1(C)CCC[C@@]2(C)C1CC[C@]1(C)C2C[C@@H](OC(=O)CC(O)C(C)C)[C@]2(C)C3=C(C=CC12)[C@@](C)(O)OC3=O. The van der Waals surface area contributed by atoms with Crippen LogP contribution in [0.15, 0.2) is 23.3 Å². The number of cyclic esters (lactones) is 1. The summed E-state index contributed by atoms with van der Waals surface area (Å²) in [6.07, 6.45) is 10.3. The average Bonchev–Trinajstić information content (AvgIpc) is 3.08. The first-order chi connectivity index (χ1) is 18.0. The number of carbonyl (C=O) groups excluding carboxylic acids is 2. The number of fused-ring (bicyclic) bond motifs is 6. The van der Waals surface area contributed by atoms with Crippen LogP contribution in [-0.2, 0) is 19.1 Å². The number of esters is 2. The van der Waals surface area contributed by atoms with E-state index in [2.05, 4.69) is 33.8 Å². The molecule has 1 aliphatic heterocycles. The first-order valence-corrected chi connectivity index (χ1v) is 15.3. The van der Waals surface area contributed by atoms with Gasteiger partial charge < -0.3 is 19.7 Å². The van der Waals surface area contributed by atoms with E-state index in [1.165, 1.54) is 26.2 Å². The molecule has 0 radical (unpaired) electrons. The molecule has 4 aliphatic carbocycles. The van der Waals surface area contributed by atoms with Crippen LogP contribution in [0.25, 0.3) is 0 Å². The predicted octanol–water partition coefficient (Wildman–Crippen LogP) is 6.10. The number of aliphatic hydroxyl groups is 2. The topological polar surface area (TPSA) is 93.1 Å². The van der Waals surface area contributed by atoms with Gasteiger partial charge in [0, 0.05) is 17.9 Å². The maximum atomic E-state index is 13.4. The normalized spacial score (nSPS) is 47.6. The Labute approximate surface area is 234 Å². The molecule has 0 bridgehead atoms. The summed E-state index contributed by atoms with van der Waals surface area (Å²) in [6.45, 7) is 17.0. The van der Waals surface area contributed by atoms with Gasteiger partial charge in [0.15, 0.2) is 0 Å². The second-order valence-corrected chi connectivity index (χ2v) is 15.0.